The molecule has 0 aromatic rings. The molecule has 0 N–H and O–H groups in total. The zero-order valence-corrected chi connectivity index (χ0v) is 44.6. The van der Waals surface area contributed by atoms with Crippen molar-refractivity contribution in [2.75, 3.05) is 19.8 Å². The van der Waals surface area contributed by atoms with Crippen LogP contribution in [0.15, 0.2) is 109 Å². The van der Waals surface area contributed by atoms with E-state index < -0.39 is 6.10 Å². The number of unbranched alkanes of at least 4 members (excludes halogenated alkanes) is 22. The SMILES string of the molecule is CC/C=C\C/C=C\C/C=C\C/C=C\C/C=C\C/C=C\CCC(=O)O[C@H](COCCCCCCCCCCCCCCCCCC)COC(=O)CCC/C=C\C/C=C\C/C=C\CCCCCCCC. The number of hydrogen-bond acceptors (Lipinski definition) is 5. The summed E-state index contributed by atoms with van der Waals surface area (Å²) in [6, 6.07) is 0. The third-order valence-electron chi connectivity index (χ3n) is 11.8. The van der Waals surface area contributed by atoms with Gasteiger partial charge in [0.2, 0.25) is 0 Å². The Kier molecular flexibility index (Phi) is 54.9. The van der Waals surface area contributed by atoms with Gasteiger partial charge in [-0.05, 0) is 89.9 Å². The van der Waals surface area contributed by atoms with E-state index in [1.54, 1.807) is 0 Å². The summed E-state index contributed by atoms with van der Waals surface area (Å²) >= 11 is 0. The number of carbonyl (C=O) groups excluding carboxylic acids is 2. The Morgan fingerprint density at radius 2 is 0.691 bits per heavy atom. The molecule has 0 rings (SSSR count). The van der Waals surface area contributed by atoms with Gasteiger partial charge < -0.3 is 14.2 Å². The molecule has 0 unspecified atom stereocenters. The van der Waals surface area contributed by atoms with E-state index in [2.05, 4.69) is 124 Å². The van der Waals surface area contributed by atoms with Crippen LogP contribution >= 0.6 is 0 Å². The summed E-state index contributed by atoms with van der Waals surface area (Å²) in [7, 11) is 0. The molecule has 5 nitrogen and oxygen atoms in total. The van der Waals surface area contributed by atoms with E-state index in [1.165, 1.54) is 135 Å². The van der Waals surface area contributed by atoms with Gasteiger partial charge in [0.15, 0.2) is 6.10 Å². The van der Waals surface area contributed by atoms with E-state index in [1.807, 2.05) is 6.08 Å². The number of esters is 2. The Morgan fingerprint density at radius 1 is 0.338 bits per heavy atom. The highest BCUT2D eigenvalue weighted by atomic mass is 16.6. The fraction of sp³-hybridized carbons (Fsp3) is 0.683. The van der Waals surface area contributed by atoms with Crippen LogP contribution in [0.5, 0.6) is 0 Å². The Bertz CT molecular complexity index is 1340. The molecule has 0 amide bonds. The predicted molar refractivity (Wildman–Crippen MR) is 297 cm³/mol. The van der Waals surface area contributed by atoms with Crippen molar-refractivity contribution >= 4 is 11.9 Å². The average Bonchev–Trinajstić information content (AvgIpc) is 3.34. The lowest BCUT2D eigenvalue weighted by molar-refractivity contribution is -0.162. The quantitative estimate of drug-likeness (QED) is 0.0345. The predicted octanol–water partition coefficient (Wildman–Crippen LogP) is 19.6. The molecule has 0 aliphatic carbocycles. The van der Waals surface area contributed by atoms with Crippen molar-refractivity contribution in [3.8, 4) is 0 Å². The van der Waals surface area contributed by atoms with Crippen LogP contribution in [0, 0.1) is 0 Å². The summed E-state index contributed by atoms with van der Waals surface area (Å²) < 4.78 is 17.3. The molecule has 0 saturated heterocycles. The Morgan fingerprint density at radius 3 is 1.12 bits per heavy atom. The maximum atomic E-state index is 12.8. The van der Waals surface area contributed by atoms with E-state index >= 15 is 0 Å². The lowest BCUT2D eigenvalue weighted by Crippen LogP contribution is -2.30. The number of rotatable bonds is 51. The van der Waals surface area contributed by atoms with Crippen LogP contribution in [-0.2, 0) is 23.8 Å². The van der Waals surface area contributed by atoms with Crippen molar-refractivity contribution in [1.29, 1.82) is 0 Å². The fourth-order valence-corrected chi connectivity index (χ4v) is 7.61. The smallest absolute Gasteiger partial charge is 0.306 e. The highest BCUT2D eigenvalue weighted by Crippen LogP contribution is 2.14. The van der Waals surface area contributed by atoms with Crippen molar-refractivity contribution < 1.29 is 23.8 Å². The zero-order chi connectivity index (χ0) is 49.2. The topological polar surface area (TPSA) is 61.8 Å². The van der Waals surface area contributed by atoms with Gasteiger partial charge in [-0.2, -0.15) is 0 Å². The maximum Gasteiger partial charge on any atom is 0.306 e. The summed E-state index contributed by atoms with van der Waals surface area (Å²) in [6.07, 6.45) is 79.8. The number of ether oxygens (including phenoxy) is 3. The van der Waals surface area contributed by atoms with Crippen LogP contribution in [0.4, 0.5) is 0 Å². The molecule has 1 atom stereocenters. The Hall–Kier alpha value is -3.44. The largest absolute Gasteiger partial charge is 0.462 e. The lowest BCUT2D eigenvalue weighted by Gasteiger charge is -2.18. The molecule has 5 heteroatoms. The third-order valence-corrected chi connectivity index (χ3v) is 11.8. The fourth-order valence-electron chi connectivity index (χ4n) is 7.61. The summed E-state index contributed by atoms with van der Waals surface area (Å²) in [5.74, 6) is -0.553. The van der Waals surface area contributed by atoms with Crippen molar-refractivity contribution in [3.63, 3.8) is 0 Å². The van der Waals surface area contributed by atoms with Crippen LogP contribution < -0.4 is 0 Å². The molecule has 0 aliphatic rings. The van der Waals surface area contributed by atoms with Gasteiger partial charge in [-0.15, -0.1) is 0 Å². The van der Waals surface area contributed by atoms with Crippen LogP contribution in [0.2, 0.25) is 0 Å². The van der Waals surface area contributed by atoms with Crippen molar-refractivity contribution in [3.05, 3.63) is 109 Å². The van der Waals surface area contributed by atoms with Gasteiger partial charge in [0, 0.05) is 19.4 Å². The molecule has 68 heavy (non-hydrogen) atoms. The summed E-state index contributed by atoms with van der Waals surface area (Å²) in [5, 5.41) is 0. The van der Waals surface area contributed by atoms with E-state index in [4.69, 9.17) is 14.2 Å². The third kappa shape index (κ3) is 55.2. The second kappa shape index (κ2) is 57.9. The molecular weight excluding hydrogens is 837 g/mol. The number of allylic oxidation sites excluding steroid dienone is 18. The highest BCUT2D eigenvalue weighted by Gasteiger charge is 2.17. The van der Waals surface area contributed by atoms with Crippen LogP contribution in [0.25, 0.3) is 0 Å². The Labute approximate surface area is 421 Å². The van der Waals surface area contributed by atoms with Gasteiger partial charge in [-0.3, -0.25) is 9.59 Å². The molecule has 0 heterocycles. The second-order valence-corrected chi connectivity index (χ2v) is 18.5. The van der Waals surface area contributed by atoms with Gasteiger partial charge in [0.1, 0.15) is 6.61 Å². The van der Waals surface area contributed by atoms with Gasteiger partial charge >= 0.3 is 11.9 Å². The Balaban J connectivity index is 4.47. The molecule has 0 aliphatic heterocycles. The first-order chi connectivity index (χ1) is 33.6. The van der Waals surface area contributed by atoms with Gasteiger partial charge in [0.05, 0.1) is 6.61 Å². The molecule has 0 bridgehead atoms. The molecule has 388 valence electrons. The second-order valence-electron chi connectivity index (χ2n) is 18.5. The van der Waals surface area contributed by atoms with Gasteiger partial charge in [-0.25, -0.2) is 0 Å². The van der Waals surface area contributed by atoms with Crippen LogP contribution in [0.3, 0.4) is 0 Å². The standard InChI is InChI=1S/C63H106O5/c1-4-7-10-13-16-19-22-25-28-31-32-34-36-39-42-45-48-51-54-57-63(65)68-61(59-66-58-55-52-49-46-43-40-37-30-27-24-21-18-15-12-9-6-3)60-67-62(64)56-53-50-47-44-41-38-35-33-29-26-23-20-17-14-11-8-5-2/h7,10,16,19,25-26,28-29,32,34-35,38-39,42,44,47-48,51,61H,4-6,8-9,11-15,17-18,20-24,27,30-31,33,36-37,40-41,43,45-46,49-50,52-60H2,1-3H3/b10-7-,19-16-,28-25-,29-26-,34-32-,38-35-,42-39-,47-44-,51-48-/t61-/m1/s1. The zero-order valence-electron chi connectivity index (χ0n) is 44.6. The normalized spacial score (nSPS) is 13.0. The molecule has 0 radical (unpaired) electrons. The van der Waals surface area contributed by atoms with Crippen molar-refractivity contribution in [2.24, 2.45) is 0 Å². The molecule has 0 saturated carbocycles. The molecule has 0 aromatic carbocycles. The highest BCUT2D eigenvalue weighted by molar-refractivity contribution is 5.70. The first kappa shape index (κ1) is 64.6. The minimum atomic E-state index is -0.602. The van der Waals surface area contributed by atoms with Crippen molar-refractivity contribution in [1.82, 2.24) is 0 Å². The van der Waals surface area contributed by atoms with E-state index in [9.17, 15) is 9.59 Å². The number of hydrogen-bond donors (Lipinski definition) is 0. The minimum absolute atomic E-state index is 0.0253. The maximum absolute atomic E-state index is 12.8. The monoisotopic (exact) mass is 943 g/mol. The van der Waals surface area contributed by atoms with E-state index in [0.29, 0.717) is 19.4 Å². The lowest BCUT2D eigenvalue weighted by atomic mass is 10.0. The molecular formula is C63H106O5. The van der Waals surface area contributed by atoms with E-state index in [0.717, 1.165) is 77.0 Å². The molecule has 0 aromatic heterocycles. The van der Waals surface area contributed by atoms with Gasteiger partial charge in [-0.1, -0.05) is 259 Å². The van der Waals surface area contributed by atoms with E-state index in [-0.39, 0.29) is 31.6 Å². The number of carbonyl (C=O) groups is 2. The van der Waals surface area contributed by atoms with Crippen molar-refractivity contribution in [2.45, 2.75) is 258 Å². The molecule has 0 fully saturated rings. The van der Waals surface area contributed by atoms with Crippen LogP contribution in [-0.4, -0.2) is 37.9 Å². The minimum Gasteiger partial charge on any atom is -0.462 e. The molecule has 0 spiro atoms. The summed E-state index contributed by atoms with van der Waals surface area (Å²) in [4.78, 5) is 25.4. The van der Waals surface area contributed by atoms with Crippen LogP contribution in [0.1, 0.15) is 252 Å². The first-order valence-electron chi connectivity index (χ1n) is 28.4. The summed E-state index contributed by atoms with van der Waals surface area (Å²) in [5.41, 5.74) is 0. The summed E-state index contributed by atoms with van der Waals surface area (Å²) in [6.45, 7) is 7.59. The van der Waals surface area contributed by atoms with Gasteiger partial charge in [0.25, 0.3) is 0 Å². The first-order valence-corrected chi connectivity index (χ1v) is 28.4. The average molecular weight is 944 g/mol.